The number of hydrogen-bond acceptors (Lipinski definition) is 23. The molecule has 21 rings (SSSR count). The van der Waals surface area contributed by atoms with E-state index >= 15 is 0 Å². The van der Waals surface area contributed by atoms with Gasteiger partial charge in [0, 0.05) is 91.2 Å². The normalized spacial score (nSPS) is 15.9. The van der Waals surface area contributed by atoms with Crippen LogP contribution in [0, 0.1) is 44.4 Å². The van der Waals surface area contributed by atoms with Crippen molar-refractivity contribution in [1.82, 2.24) is 63.9 Å². The molecule has 0 spiro atoms. The summed E-state index contributed by atoms with van der Waals surface area (Å²) in [6.45, 7) is 30.3. The first-order chi connectivity index (χ1) is 66.7. The van der Waals surface area contributed by atoms with Crippen LogP contribution in [0.2, 0.25) is 0 Å². The van der Waals surface area contributed by atoms with Crippen LogP contribution in [0.3, 0.4) is 0 Å². The number of nitrogens with zero attached hydrogens (tertiary/aromatic N) is 14. The van der Waals surface area contributed by atoms with Crippen molar-refractivity contribution in [2.24, 2.45) is 23.8 Å². The minimum atomic E-state index is -0.330. The molecule has 138 heavy (non-hydrogen) atoms. The number of esters is 1. The zero-order chi connectivity index (χ0) is 97.2. The summed E-state index contributed by atoms with van der Waals surface area (Å²) in [6.07, 6.45) is 6.93. The van der Waals surface area contributed by atoms with E-state index < -0.39 is 0 Å². The molecule has 0 radical (unpaired) electrons. The van der Waals surface area contributed by atoms with Gasteiger partial charge in [0.25, 0.3) is 0 Å². The fraction of sp³-hybridized carbons (Fsp3) is 0.339. The summed E-state index contributed by atoms with van der Waals surface area (Å²) in [4.78, 5) is 44.1. The van der Waals surface area contributed by atoms with Crippen molar-refractivity contribution in [2.75, 3.05) is 78.7 Å². The van der Waals surface area contributed by atoms with Crippen LogP contribution in [-0.2, 0) is 59.7 Å². The number of pyridine rings is 1. The Bertz CT molecular complexity index is 6970. The molecule has 10 heterocycles. The van der Waals surface area contributed by atoms with E-state index in [1.807, 2.05) is 191 Å². The highest BCUT2D eigenvalue weighted by atomic mass is 79.9. The van der Waals surface area contributed by atoms with E-state index in [1.54, 1.807) is 45.0 Å². The molecule has 4 aliphatic heterocycles. The number of para-hydroxylation sites is 2. The van der Waals surface area contributed by atoms with Crippen molar-refractivity contribution < 1.29 is 51.9 Å². The molecule has 6 aromatic heterocycles. The molecular weight excluding hydrogens is 1840 g/mol. The minimum Gasteiger partial charge on any atom is -0.497 e. The number of methoxy groups -OCH3 is 4. The van der Waals surface area contributed by atoms with Crippen LogP contribution < -0.4 is 39.1 Å². The molecule has 1 aliphatic carbocycles. The molecule has 2 unspecified atom stereocenters. The quantitative estimate of drug-likeness (QED) is 0.0341. The zero-order valence-corrected chi connectivity index (χ0v) is 84.5. The number of furan rings is 1. The number of aryl methyl sites for hydroxylation is 4. The smallest absolute Gasteiger partial charge is 0.342 e. The van der Waals surface area contributed by atoms with E-state index in [0.29, 0.717) is 61.7 Å². The number of aromatic nitrogens is 11. The number of nitrogen functional groups attached to an aromatic ring is 1. The largest absolute Gasteiger partial charge is 0.497 e. The van der Waals surface area contributed by atoms with E-state index in [9.17, 15) is 9.59 Å². The van der Waals surface area contributed by atoms with Gasteiger partial charge in [-0.2, -0.15) is 9.90 Å². The van der Waals surface area contributed by atoms with Crippen LogP contribution in [0.5, 0.6) is 34.5 Å². The predicted octanol–water partition coefficient (Wildman–Crippen LogP) is 22.6. The lowest BCUT2D eigenvalue weighted by atomic mass is 9.63. The van der Waals surface area contributed by atoms with Crippen molar-refractivity contribution in [1.29, 1.82) is 0 Å². The number of ether oxygens (including phenoxy) is 8. The second kappa shape index (κ2) is 43.2. The maximum Gasteiger partial charge on any atom is 0.342 e. The summed E-state index contributed by atoms with van der Waals surface area (Å²) in [5.41, 5.74) is 24.2. The number of carbonyl (C=O) groups excluding carboxylic acids is 2. The molecular formula is C109H120BrN15O11S2. The lowest BCUT2D eigenvalue weighted by Crippen LogP contribution is -2.48. The number of benzene rings is 10. The van der Waals surface area contributed by atoms with Crippen LogP contribution in [0.15, 0.2) is 226 Å². The van der Waals surface area contributed by atoms with Crippen molar-refractivity contribution in [3.63, 3.8) is 0 Å². The number of anilines is 2. The van der Waals surface area contributed by atoms with Gasteiger partial charge in [0.1, 0.15) is 70.1 Å². The summed E-state index contributed by atoms with van der Waals surface area (Å²) in [5, 5.41) is 28.3. The number of thiocarbonyl (C=S) groups is 1. The monoisotopic (exact) mass is 1960 g/mol. The number of halogens is 1. The van der Waals surface area contributed by atoms with E-state index in [2.05, 4.69) is 175 Å². The van der Waals surface area contributed by atoms with Gasteiger partial charge in [-0.15, -0.1) is 20.4 Å². The van der Waals surface area contributed by atoms with Crippen LogP contribution in [0.25, 0.3) is 77.3 Å². The number of fused-ring (bicyclic) bond motifs is 11. The van der Waals surface area contributed by atoms with Crippen molar-refractivity contribution in [3.05, 3.63) is 273 Å². The van der Waals surface area contributed by atoms with Crippen LogP contribution >= 0.6 is 39.9 Å². The Labute approximate surface area is 823 Å². The number of morpholine rings is 1. The lowest BCUT2D eigenvalue weighted by Gasteiger charge is -2.49. The topological polar surface area (TPSA) is 267 Å². The van der Waals surface area contributed by atoms with Crippen molar-refractivity contribution in [2.45, 2.75) is 157 Å². The first kappa shape index (κ1) is 97.9. The van der Waals surface area contributed by atoms with Gasteiger partial charge in [-0.05, 0) is 195 Å². The summed E-state index contributed by atoms with van der Waals surface area (Å²) >= 11 is 10.6. The Hall–Kier alpha value is -13.2. The van der Waals surface area contributed by atoms with Gasteiger partial charge in [-0.1, -0.05) is 186 Å². The second-order valence-corrected chi connectivity index (χ2v) is 38.7. The van der Waals surface area contributed by atoms with E-state index in [0.717, 1.165) is 208 Å². The Morgan fingerprint density at radius 2 is 1.33 bits per heavy atom. The third kappa shape index (κ3) is 21.3. The molecule has 10 aromatic carbocycles. The molecule has 0 amide bonds. The molecule has 2 saturated heterocycles. The number of imidazole rings is 1. The van der Waals surface area contributed by atoms with Crippen LogP contribution in [0.4, 0.5) is 11.4 Å². The fourth-order valence-corrected chi connectivity index (χ4v) is 21.5. The number of nitrogens with two attached hydrogens (primary N) is 1. The molecule has 29 heteroatoms. The maximum absolute atomic E-state index is 13.0. The average Bonchev–Trinajstić information content (AvgIpc) is 1.51. The maximum atomic E-state index is 13.0. The van der Waals surface area contributed by atoms with Gasteiger partial charge in [-0.3, -0.25) is 9.69 Å². The number of rotatable bonds is 19. The number of Topliss-reactive ketones (excluding diaryl/α,β-unsaturated/α-hetero) is 1. The highest BCUT2D eigenvalue weighted by molar-refractivity contribution is 9.10. The van der Waals surface area contributed by atoms with Gasteiger partial charge in [0.05, 0.1) is 121 Å². The molecule has 0 bridgehead atoms. The Morgan fingerprint density at radius 1 is 0.674 bits per heavy atom. The molecule has 3 fully saturated rings. The number of ketones is 1. The first-order valence-corrected chi connectivity index (χ1v) is 49.0. The van der Waals surface area contributed by atoms with Gasteiger partial charge in [0.15, 0.2) is 33.9 Å². The molecule has 716 valence electrons. The summed E-state index contributed by atoms with van der Waals surface area (Å²) in [6, 6.07) is 68.7. The molecule has 16 aromatic rings. The summed E-state index contributed by atoms with van der Waals surface area (Å²) < 4.78 is 57.4. The molecule has 2 atom stereocenters. The molecule has 1 saturated carbocycles. The minimum absolute atomic E-state index is 0.0943. The van der Waals surface area contributed by atoms with E-state index in [-0.39, 0.29) is 34.5 Å². The second-order valence-electron chi connectivity index (χ2n) is 36.5. The molecule has 26 nitrogen and oxygen atoms in total. The number of carbonyl (C=O) groups is 2. The first-order valence-electron chi connectivity index (χ1n) is 46.8. The third-order valence-corrected chi connectivity index (χ3v) is 28.4. The van der Waals surface area contributed by atoms with Crippen molar-refractivity contribution in [3.8, 4) is 57.1 Å². The highest BCUT2D eigenvalue weighted by Gasteiger charge is 2.46. The zero-order valence-electron chi connectivity index (χ0n) is 81.3. The molecule has 2 N–H and O–H groups in total. The van der Waals surface area contributed by atoms with Crippen molar-refractivity contribution >= 4 is 123 Å². The Balaban J connectivity index is 0.000000122. The SMILES string of the molecule is CCC1C(=O)C2Cc3cc(OC)c(OC)cc3CN2C1=S.CCOC(=O)c1c(C)oc2c1c1c(c3ccccc32)OCN(C2CC(C)(C)CC(C)(C)C2)C1.CCn1c(-c2ccccc2)cnc1C.COc1ccc(-n2nc3cc(C)c(N)c(Br)c3n2)cc1.COc1cccc(OCc2nnc(SCc3ccccc3)n2C)c1.Cc1nn(-c2ccccc2)c2nc3ccccc3c(N3CCOCC3)c12. The number of hydrogen-bond donors (Lipinski definition) is 1. The Morgan fingerprint density at radius 3 is 2.00 bits per heavy atom. The van der Waals surface area contributed by atoms with Crippen LogP contribution in [0.1, 0.15) is 135 Å². The average molecular weight is 1960 g/mol. The Kier molecular flexibility index (Phi) is 30.7. The van der Waals surface area contributed by atoms with E-state index in [1.165, 1.54) is 34.3 Å². The van der Waals surface area contributed by atoms with Gasteiger partial charge in [0.2, 0.25) is 0 Å². The molecule has 5 aliphatic rings. The van der Waals surface area contributed by atoms with Gasteiger partial charge in [-0.25, -0.2) is 19.4 Å². The number of thioether (sulfide) groups is 1. The van der Waals surface area contributed by atoms with Crippen LogP contribution in [-0.4, -0.2) is 161 Å². The predicted molar refractivity (Wildman–Crippen MR) is 553 cm³/mol. The fourth-order valence-electron chi connectivity index (χ4n) is 19.6. The lowest BCUT2D eigenvalue weighted by molar-refractivity contribution is -0.122. The standard InChI is InChI=1S/C28H35NO4.C21H20N4O.C18H19N3O2S.C16H19NO3S.C14H13BrN4O.C12H14N2/c1-7-31-26(30)22-17(2)33-25-20-11-9-8-10-19(20)24-21(23(22)25)14-29(16-32-24)18-12-27(3,4)15-28(5,6)13-18;1-15-19-20(24-11-13-26-14-12-24)17-9-5-6-10-18(17)22-21(19)25(23-15)16-7-3-2-4-8-16;1-21-17(12-23-16-10-6-9-15(11-16)22-2)19-20-18(21)24-13-14-7-4-3-5-8-14;1-4-11-15(18)12-5-9-6-13(19-2)14(20-3)7-10(9)8-17(12)16(11)21;1-8-7-11-14(12(15)13(8)16)18-19(17-11)9-3-5-10(20-2)6-4-9;1-3-14-10(2)13-9-12(14)11-7-5-4-6-8-11/h8-11,18H,7,12-16H2,1-6H3;2-10H,11-14H2,1H3;3-11H,12-13H2,1-2H3;6-7,11-12H,4-5,8H2,1-3H3;3-7H,16H2,1-2H3;4-9H,3H2,1-2H3. The van der Waals surface area contributed by atoms with Gasteiger partial charge >= 0.3 is 5.97 Å². The summed E-state index contributed by atoms with van der Waals surface area (Å²) in [7, 11) is 8.49. The summed E-state index contributed by atoms with van der Waals surface area (Å²) in [5.74, 6) is 7.78. The highest BCUT2D eigenvalue weighted by Crippen LogP contribution is 2.51. The third-order valence-electron chi connectivity index (χ3n) is 26.0. The van der Waals surface area contributed by atoms with E-state index in [4.69, 9.17) is 70.3 Å². The van der Waals surface area contributed by atoms with Gasteiger partial charge < -0.3 is 67.0 Å².